The van der Waals surface area contributed by atoms with Crippen LogP contribution < -0.4 is 10.2 Å². The van der Waals surface area contributed by atoms with Crippen LogP contribution in [0.1, 0.15) is 16.8 Å². The summed E-state index contributed by atoms with van der Waals surface area (Å²) in [5.74, 6) is 0.0983. The number of halogens is 2. The first-order chi connectivity index (χ1) is 12.6. The number of nitrogens with zero attached hydrogens (tertiary/aromatic N) is 4. The van der Waals surface area contributed by atoms with Gasteiger partial charge in [-0.15, -0.1) is 0 Å². The number of hydrogen-bond donors (Lipinski definition) is 1. The van der Waals surface area contributed by atoms with Gasteiger partial charge in [-0.3, -0.25) is 9.69 Å². The summed E-state index contributed by atoms with van der Waals surface area (Å²) in [6.07, 6.45) is 4.36. The van der Waals surface area contributed by atoms with Crippen molar-refractivity contribution in [3.63, 3.8) is 0 Å². The van der Waals surface area contributed by atoms with Crippen LogP contribution in [0.3, 0.4) is 0 Å². The van der Waals surface area contributed by atoms with Gasteiger partial charge in [0.25, 0.3) is 5.91 Å². The van der Waals surface area contributed by atoms with Crippen LogP contribution in [0, 0.1) is 5.82 Å². The van der Waals surface area contributed by atoms with Crippen molar-refractivity contribution in [3.8, 4) is 0 Å². The predicted molar refractivity (Wildman–Crippen MR) is 102 cm³/mol. The van der Waals surface area contributed by atoms with Gasteiger partial charge in [-0.05, 0) is 53.2 Å². The Bertz CT molecular complexity index is 738. The summed E-state index contributed by atoms with van der Waals surface area (Å²) in [5, 5.41) is 2.85. The number of amides is 1. The van der Waals surface area contributed by atoms with Crippen LogP contribution in [0.25, 0.3) is 0 Å². The van der Waals surface area contributed by atoms with Gasteiger partial charge in [0.15, 0.2) is 0 Å². The summed E-state index contributed by atoms with van der Waals surface area (Å²) in [5.41, 5.74) is 0.321. The number of carbonyl (C=O) groups is 1. The molecule has 2 aromatic rings. The van der Waals surface area contributed by atoms with Crippen molar-refractivity contribution >= 4 is 27.8 Å². The minimum absolute atomic E-state index is 0.262. The summed E-state index contributed by atoms with van der Waals surface area (Å²) in [6, 6.07) is 5.92. The SMILES string of the molecule is O=C(NCCCN1CCN(c2ncccn2)CC1)c1cc(F)ccc1Br. The van der Waals surface area contributed by atoms with Crippen LogP contribution in [-0.2, 0) is 0 Å². The number of nitrogens with one attached hydrogen (secondary N) is 1. The van der Waals surface area contributed by atoms with E-state index in [-0.39, 0.29) is 5.91 Å². The zero-order valence-electron chi connectivity index (χ0n) is 14.4. The van der Waals surface area contributed by atoms with E-state index >= 15 is 0 Å². The van der Waals surface area contributed by atoms with Gasteiger partial charge in [-0.25, -0.2) is 14.4 Å². The fourth-order valence-electron chi connectivity index (χ4n) is 2.90. The Morgan fingerprint density at radius 1 is 1.19 bits per heavy atom. The van der Waals surface area contributed by atoms with E-state index in [1.165, 1.54) is 12.1 Å². The topological polar surface area (TPSA) is 61.4 Å². The Morgan fingerprint density at radius 2 is 1.92 bits per heavy atom. The third kappa shape index (κ3) is 4.98. The van der Waals surface area contributed by atoms with E-state index in [4.69, 9.17) is 0 Å². The molecule has 0 radical (unpaired) electrons. The van der Waals surface area contributed by atoms with Crippen molar-refractivity contribution in [2.24, 2.45) is 0 Å². The lowest BCUT2D eigenvalue weighted by Gasteiger charge is -2.34. The Balaban J connectivity index is 1.37. The number of anilines is 1. The molecule has 0 aliphatic carbocycles. The molecule has 1 aromatic carbocycles. The highest BCUT2D eigenvalue weighted by Crippen LogP contribution is 2.17. The van der Waals surface area contributed by atoms with Crippen LogP contribution >= 0.6 is 15.9 Å². The highest BCUT2D eigenvalue weighted by Gasteiger charge is 2.18. The number of aromatic nitrogens is 2. The molecular weight excluding hydrogens is 401 g/mol. The van der Waals surface area contributed by atoms with Crippen LogP contribution in [0.4, 0.5) is 10.3 Å². The molecule has 1 saturated heterocycles. The first-order valence-corrected chi connectivity index (χ1v) is 9.40. The minimum atomic E-state index is -0.418. The molecule has 1 fully saturated rings. The highest BCUT2D eigenvalue weighted by molar-refractivity contribution is 9.10. The second kappa shape index (κ2) is 9.05. The molecule has 1 aromatic heterocycles. The number of benzene rings is 1. The third-order valence-corrected chi connectivity index (χ3v) is 5.01. The standard InChI is InChI=1S/C18H21BrFN5O/c19-16-4-3-14(20)13-15(16)17(26)21-7-2-8-24-9-11-25(12-10-24)18-22-5-1-6-23-18/h1,3-6,13H,2,7-12H2,(H,21,26). The number of piperazine rings is 1. The molecule has 2 heterocycles. The second-order valence-electron chi connectivity index (χ2n) is 6.11. The van der Waals surface area contributed by atoms with Crippen molar-refractivity contribution < 1.29 is 9.18 Å². The molecule has 0 atom stereocenters. The lowest BCUT2D eigenvalue weighted by Crippen LogP contribution is -2.47. The van der Waals surface area contributed by atoms with Gasteiger partial charge in [0, 0.05) is 49.6 Å². The summed E-state index contributed by atoms with van der Waals surface area (Å²) >= 11 is 3.28. The zero-order chi connectivity index (χ0) is 18.4. The maximum atomic E-state index is 13.3. The van der Waals surface area contributed by atoms with Crippen LogP contribution in [0.2, 0.25) is 0 Å². The molecule has 1 aliphatic rings. The molecule has 26 heavy (non-hydrogen) atoms. The third-order valence-electron chi connectivity index (χ3n) is 4.32. The van der Waals surface area contributed by atoms with Crippen molar-refractivity contribution in [1.82, 2.24) is 20.2 Å². The second-order valence-corrected chi connectivity index (χ2v) is 6.97. The molecule has 1 aliphatic heterocycles. The van der Waals surface area contributed by atoms with Crippen molar-refractivity contribution in [3.05, 3.63) is 52.5 Å². The van der Waals surface area contributed by atoms with E-state index in [0.29, 0.717) is 16.6 Å². The lowest BCUT2D eigenvalue weighted by atomic mass is 10.2. The van der Waals surface area contributed by atoms with E-state index in [1.807, 2.05) is 6.07 Å². The molecule has 0 unspecified atom stereocenters. The fraction of sp³-hybridized carbons (Fsp3) is 0.389. The lowest BCUT2D eigenvalue weighted by molar-refractivity contribution is 0.0950. The fourth-order valence-corrected chi connectivity index (χ4v) is 3.32. The largest absolute Gasteiger partial charge is 0.352 e. The van der Waals surface area contributed by atoms with Crippen molar-refractivity contribution in [2.45, 2.75) is 6.42 Å². The van der Waals surface area contributed by atoms with Crippen LogP contribution in [-0.4, -0.2) is 60.0 Å². The molecular formula is C18H21BrFN5O. The van der Waals surface area contributed by atoms with Gasteiger partial charge in [0.1, 0.15) is 5.82 Å². The highest BCUT2D eigenvalue weighted by atomic mass is 79.9. The van der Waals surface area contributed by atoms with Gasteiger partial charge < -0.3 is 10.2 Å². The molecule has 1 amide bonds. The molecule has 0 bridgehead atoms. The Labute approximate surface area is 160 Å². The molecule has 8 heteroatoms. The summed E-state index contributed by atoms with van der Waals surface area (Å²) < 4.78 is 13.9. The van der Waals surface area contributed by atoms with Gasteiger partial charge in [-0.2, -0.15) is 0 Å². The monoisotopic (exact) mass is 421 g/mol. The van der Waals surface area contributed by atoms with Crippen LogP contribution in [0.15, 0.2) is 41.1 Å². The first kappa shape index (κ1) is 18.7. The van der Waals surface area contributed by atoms with Crippen molar-refractivity contribution in [2.75, 3.05) is 44.2 Å². The van der Waals surface area contributed by atoms with E-state index < -0.39 is 5.82 Å². The zero-order valence-corrected chi connectivity index (χ0v) is 16.0. The van der Waals surface area contributed by atoms with Crippen molar-refractivity contribution in [1.29, 1.82) is 0 Å². The van der Waals surface area contributed by atoms with E-state index in [1.54, 1.807) is 18.5 Å². The summed E-state index contributed by atoms with van der Waals surface area (Å²) in [7, 11) is 0. The van der Waals surface area contributed by atoms with Crippen LogP contribution in [0.5, 0.6) is 0 Å². The van der Waals surface area contributed by atoms with E-state index in [0.717, 1.165) is 45.1 Å². The molecule has 138 valence electrons. The number of hydrogen-bond acceptors (Lipinski definition) is 5. The minimum Gasteiger partial charge on any atom is -0.352 e. The predicted octanol–water partition coefficient (Wildman–Crippen LogP) is 2.32. The van der Waals surface area contributed by atoms with E-state index in [2.05, 4.69) is 41.0 Å². The number of rotatable bonds is 6. The Hall–Kier alpha value is -2.06. The molecule has 0 spiro atoms. The molecule has 6 nitrogen and oxygen atoms in total. The van der Waals surface area contributed by atoms with Gasteiger partial charge in [0.05, 0.1) is 5.56 Å². The normalized spacial score (nSPS) is 15.1. The van der Waals surface area contributed by atoms with Gasteiger partial charge in [0.2, 0.25) is 5.95 Å². The first-order valence-electron chi connectivity index (χ1n) is 8.61. The Kier molecular flexibility index (Phi) is 6.51. The average Bonchev–Trinajstić information content (AvgIpc) is 2.68. The van der Waals surface area contributed by atoms with E-state index in [9.17, 15) is 9.18 Å². The Morgan fingerprint density at radius 3 is 2.65 bits per heavy atom. The molecule has 3 rings (SSSR count). The quantitative estimate of drug-likeness (QED) is 0.725. The summed E-state index contributed by atoms with van der Waals surface area (Å²) in [6.45, 7) is 5.15. The number of carbonyl (C=O) groups excluding carboxylic acids is 1. The maximum Gasteiger partial charge on any atom is 0.252 e. The smallest absolute Gasteiger partial charge is 0.252 e. The maximum absolute atomic E-state index is 13.3. The molecule has 0 saturated carbocycles. The molecule has 1 N–H and O–H groups in total. The summed E-state index contributed by atoms with van der Waals surface area (Å²) in [4.78, 5) is 25.2. The average molecular weight is 422 g/mol. The van der Waals surface area contributed by atoms with Gasteiger partial charge in [-0.1, -0.05) is 0 Å². The van der Waals surface area contributed by atoms with Gasteiger partial charge >= 0.3 is 0 Å².